The van der Waals surface area contributed by atoms with Crippen LogP contribution in [-0.4, -0.2) is 29.9 Å². The molecule has 1 fully saturated rings. The summed E-state index contributed by atoms with van der Waals surface area (Å²) < 4.78 is 14.1. The van der Waals surface area contributed by atoms with Gasteiger partial charge in [-0.2, -0.15) is 0 Å². The van der Waals surface area contributed by atoms with Gasteiger partial charge in [0, 0.05) is 19.6 Å². The molecule has 0 aliphatic carbocycles. The highest BCUT2D eigenvalue weighted by atomic mass is 19.1. The van der Waals surface area contributed by atoms with Crippen molar-refractivity contribution >= 4 is 23.3 Å². The third-order valence-corrected chi connectivity index (χ3v) is 5.99. The van der Waals surface area contributed by atoms with Gasteiger partial charge in [-0.15, -0.1) is 0 Å². The van der Waals surface area contributed by atoms with Crippen LogP contribution in [0.15, 0.2) is 60.7 Å². The first-order chi connectivity index (χ1) is 15.8. The Morgan fingerprint density at radius 1 is 0.970 bits per heavy atom. The molecular formula is C27H28FN3O2. The molecule has 0 unspecified atom stereocenters. The summed E-state index contributed by atoms with van der Waals surface area (Å²) >= 11 is 0. The van der Waals surface area contributed by atoms with Crippen molar-refractivity contribution in [2.75, 3.05) is 23.3 Å². The molecule has 0 radical (unpaired) electrons. The Morgan fingerprint density at radius 2 is 1.70 bits per heavy atom. The fourth-order valence-corrected chi connectivity index (χ4v) is 4.15. The van der Waals surface area contributed by atoms with E-state index in [1.807, 2.05) is 36.9 Å². The van der Waals surface area contributed by atoms with Gasteiger partial charge in [0.05, 0.1) is 16.9 Å². The summed E-state index contributed by atoms with van der Waals surface area (Å²) in [6, 6.07) is 17.6. The molecule has 0 spiro atoms. The second kappa shape index (κ2) is 9.45. The Kier molecular flexibility index (Phi) is 6.45. The van der Waals surface area contributed by atoms with Crippen LogP contribution in [0.4, 0.5) is 20.6 Å². The Bertz CT molecular complexity index is 1210. The van der Waals surface area contributed by atoms with Crippen molar-refractivity contribution in [1.29, 1.82) is 0 Å². The summed E-state index contributed by atoms with van der Waals surface area (Å²) in [4.78, 5) is 29.8. The highest BCUT2D eigenvalue weighted by Gasteiger charge is 2.29. The van der Waals surface area contributed by atoms with Gasteiger partial charge in [-0.05, 0) is 68.1 Å². The van der Waals surface area contributed by atoms with Crippen molar-refractivity contribution in [3.8, 4) is 0 Å². The van der Waals surface area contributed by atoms with Crippen LogP contribution >= 0.6 is 0 Å². The predicted octanol–water partition coefficient (Wildman–Crippen LogP) is 5.84. The second-order valence-corrected chi connectivity index (χ2v) is 8.59. The molecule has 0 bridgehead atoms. The van der Waals surface area contributed by atoms with Crippen LogP contribution < -0.4 is 10.2 Å². The molecular weight excluding hydrogens is 417 g/mol. The molecule has 0 aromatic heterocycles. The van der Waals surface area contributed by atoms with Gasteiger partial charge < -0.3 is 10.2 Å². The minimum atomic E-state index is -0.585. The van der Waals surface area contributed by atoms with Gasteiger partial charge >= 0.3 is 6.03 Å². The lowest BCUT2D eigenvalue weighted by molar-refractivity contribution is 0.102. The number of hydrogen-bond acceptors (Lipinski definition) is 2. The van der Waals surface area contributed by atoms with Gasteiger partial charge in [0.25, 0.3) is 5.91 Å². The minimum Gasteiger partial charge on any atom is -0.320 e. The number of nitrogens with zero attached hydrogens (tertiary/aromatic N) is 2. The lowest BCUT2D eigenvalue weighted by Gasteiger charge is -2.37. The van der Waals surface area contributed by atoms with E-state index in [0.717, 1.165) is 28.7 Å². The molecule has 0 saturated carbocycles. The normalized spacial score (nSPS) is 13.9. The van der Waals surface area contributed by atoms with E-state index < -0.39 is 11.7 Å². The molecule has 0 atom stereocenters. The fraction of sp³-hybridized carbons (Fsp3) is 0.259. The zero-order valence-electron chi connectivity index (χ0n) is 19.2. The molecule has 1 aliphatic rings. The Labute approximate surface area is 193 Å². The Balaban J connectivity index is 1.60. The maximum Gasteiger partial charge on any atom is 0.324 e. The Hall–Kier alpha value is -3.67. The van der Waals surface area contributed by atoms with Crippen molar-refractivity contribution in [2.24, 2.45) is 0 Å². The van der Waals surface area contributed by atoms with Gasteiger partial charge in [0.15, 0.2) is 0 Å². The van der Waals surface area contributed by atoms with E-state index in [4.69, 9.17) is 0 Å². The van der Waals surface area contributed by atoms with Gasteiger partial charge in [-0.3, -0.25) is 9.69 Å². The summed E-state index contributed by atoms with van der Waals surface area (Å²) in [5, 5.41) is 2.82. The van der Waals surface area contributed by atoms with Crippen molar-refractivity contribution in [2.45, 2.75) is 33.7 Å². The molecule has 33 heavy (non-hydrogen) atoms. The van der Waals surface area contributed by atoms with Crippen LogP contribution in [0.5, 0.6) is 0 Å². The number of amides is 3. The smallest absolute Gasteiger partial charge is 0.320 e. The molecule has 1 aliphatic heterocycles. The summed E-state index contributed by atoms with van der Waals surface area (Å²) in [5.74, 6) is -1.13. The van der Waals surface area contributed by atoms with E-state index in [2.05, 4.69) is 30.4 Å². The average molecular weight is 446 g/mol. The summed E-state index contributed by atoms with van der Waals surface area (Å²) in [5.41, 5.74) is 5.44. The second-order valence-electron chi connectivity index (χ2n) is 8.59. The third-order valence-electron chi connectivity index (χ3n) is 5.99. The lowest BCUT2D eigenvalue weighted by atomic mass is 10.0. The SMILES string of the molecule is Cc1ccc(C)c(CN2CCCN(c3ccc(C)cc3NC(=O)c3ccccc3F)C2=O)c1. The number of urea groups is 1. The zero-order chi connectivity index (χ0) is 23.5. The number of carbonyl (C=O) groups is 2. The highest BCUT2D eigenvalue weighted by molar-refractivity contribution is 6.07. The number of carbonyl (C=O) groups excluding carboxylic acids is 2. The maximum atomic E-state index is 14.1. The van der Waals surface area contributed by atoms with Crippen molar-refractivity contribution in [3.05, 3.63) is 94.3 Å². The number of halogens is 1. The van der Waals surface area contributed by atoms with Crippen molar-refractivity contribution < 1.29 is 14.0 Å². The van der Waals surface area contributed by atoms with Crippen LogP contribution in [0.25, 0.3) is 0 Å². The standard InChI is InChI=1S/C27H28FN3O2/c1-18-9-11-20(3)21(15-18)17-30-13-6-14-31(27(30)33)25-12-10-19(2)16-24(25)29-26(32)22-7-4-5-8-23(22)28/h4-5,7-12,15-16H,6,13-14,17H2,1-3H3,(H,29,32). The fourth-order valence-electron chi connectivity index (χ4n) is 4.15. The summed E-state index contributed by atoms with van der Waals surface area (Å²) in [6.45, 7) is 7.76. The number of nitrogens with one attached hydrogen (secondary N) is 1. The molecule has 170 valence electrons. The van der Waals surface area contributed by atoms with E-state index in [1.165, 1.54) is 12.1 Å². The Morgan fingerprint density at radius 3 is 2.48 bits per heavy atom. The first-order valence-electron chi connectivity index (χ1n) is 11.1. The number of benzene rings is 3. The zero-order valence-corrected chi connectivity index (χ0v) is 19.2. The van der Waals surface area contributed by atoms with E-state index >= 15 is 0 Å². The predicted molar refractivity (Wildman–Crippen MR) is 129 cm³/mol. The maximum absolute atomic E-state index is 14.1. The van der Waals surface area contributed by atoms with E-state index in [0.29, 0.717) is 31.0 Å². The molecule has 5 nitrogen and oxygen atoms in total. The number of aryl methyl sites for hydroxylation is 3. The topological polar surface area (TPSA) is 52.6 Å². The van der Waals surface area contributed by atoms with E-state index in [1.54, 1.807) is 17.0 Å². The van der Waals surface area contributed by atoms with Crippen LogP contribution in [0, 0.1) is 26.6 Å². The summed E-state index contributed by atoms with van der Waals surface area (Å²) in [7, 11) is 0. The molecule has 1 N–H and O–H groups in total. The van der Waals surface area contributed by atoms with Gasteiger partial charge in [-0.25, -0.2) is 9.18 Å². The molecule has 3 aromatic carbocycles. The van der Waals surface area contributed by atoms with Crippen molar-refractivity contribution in [1.82, 2.24) is 4.90 Å². The number of hydrogen-bond donors (Lipinski definition) is 1. The summed E-state index contributed by atoms with van der Waals surface area (Å²) in [6.07, 6.45) is 0.811. The molecule has 3 aromatic rings. The van der Waals surface area contributed by atoms with E-state index in [-0.39, 0.29) is 11.6 Å². The minimum absolute atomic E-state index is 0.0357. The largest absolute Gasteiger partial charge is 0.324 e. The van der Waals surface area contributed by atoms with Gasteiger partial charge in [0.2, 0.25) is 0 Å². The first-order valence-corrected chi connectivity index (χ1v) is 11.1. The first kappa shape index (κ1) is 22.5. The number of rotatable bonds is 5. The van der Waals surface area contributed by atoms with Crippen LogP contribution in [0.2, 0.25) is 0 Å². The third kappa shape index (κ3) is 4.90. The lowest BCUT2D eigenvalue weighted by Crippen LogP contribution is -2.49. The van der Waals surface area contributed by atoms with Crippen LogP contribution in [0.3, 0.4) is 0 Å². The van der Waals surface area contributed by atoms with Crippen LogP contribution in [0.1, 0.15) is 39.0 Å². The molecule has 4 rings (SSSR count). The highest BCUT2D eigenvalue weighted by Crippen LogP contribution is 2.31. The van der Waals surface area contributed by atoms with Gasteiger partial charge in [-0.1, -0.05) is 42.0 Å². The van der Waals surface area contributed by atoms with Crippen LogP contribution in [-0.2, 0) is 6.54 Å². The molecule has 3 amide bonds. The molecule has 6 heteroatoms. The van der Waals surface area contributed by atoms with Crippen molar-refractivity contribution in [3.63, 3.8) is 0 Å². The molecule has 1 saturated heterocycles. The number of anilines is 2. The average Bonchev–Trinajstić information content (AvgIpc) is 2.78. The van der Waals surface area contributed by atoms with Gasteiger partial charge in [0.1, 0.15) is 5.82 Å². The monoisotopic (exact) mass is 445 g/mol. The van der Waals surface area contributed by atoms with E-state index in [9.17, 15) is 14.0 Å². The quantitative estimate of drug-likeness (QED) is 0.537. The molecule has 1 heterocycles.